The van der Waals surface area contributed by atoms with E-state index in [1.807, 2.05) is 13.8 Å². The van der Waals surface area contributed by atoms with Crippen molar-refractivity contribution in [3.63, 3.8) is 0 Å². The molecule has 0 aliphatic rings. The SMILES string of the molecule is CCC(CC)C(=NOP(=O)(O)O)c1ccc(C(F)(F)F)cc1. The van der Waals surface area contributed by atoms with E-state index in [1.54, 1.807) is 0 Å². The number of nitrogens with zero attached hydrogens (tertiary/aromatic N) is 1. The first-order chi connectivity index (χ1) is 10.1. The van der Waals surface area contributed by atoms with Crippen LogP contribution in [-0.4, -0.2) is 15.5 Å². The van der Waals surface area contributed by atoms with Crippen molar-refractivity contribution in [1.82, 2.24) is 0 Å². The lowest BCUT2D eigenvalue weighted by atomic mass is 9.92. The number of alkyl halides is 3. The third-order valence-corrected chi connectivity index (χ3v) is 3.42. The first-order valence-corrected chi connectivity index (χ1v) is 8.11. The quantitative estimate of drug-likeness (QED) is 0.467. The lowest BCUT2D eigenvalue weighted by molar-refractivity contribution is -0.137. The predicted molar refractivity (Wildman–Crippen MR) is 75.2 cm³/mol. The fourth-order valence-electron chi connectivity index (χ4n) is 1.97. The van der Waals surface area contributed by atoms with Gasteiger partial charge in [-0.25, -0.2) is 4.57 Å². The Morgan fingerprint density at radius 1 is 1.23 bits per heavy atom. The van der Waals surface area contributed by atoms with Gasteiger partial charge in [-0.1, -0.05) is 31.1 Å². The Morgan fingerprint density at radius 2 is 1.73 bits per heavy atom. The maximum Gasteiger partial charge on any atom is 0.545 e. The van der Waals surface area contributed by atoms with Crippen LogP contribution in [-0.2, 0) is 15.4 Å². The van der Waals surface area contributed by atoms with Crippen LogP contribution < -0.4 is 0 Å². The van der Waals surface area contributed by atoms with Crippen LogP contribution in [0.5, 0.6) is 0 Å². The molecule has 0 radical (unpaired) electrons. The minimum Gasteiger partial charge on any atom is -0.292 e. The second-order valence-electron chi connectivity index (χ2n) is 4.64. The van der Waals surface area contributed by atoms with E-state index in [0.717, 1.165) is 12.1 Å². The molecule has 0 unspecified atom stereocenters. The lowest BCUT2D eigenvalue weighted by Crippen LogP contribution is -2.15. The Labute approximate surface area is 126 Å². The van der Waals surface area contributed by atoms with Crippen LogP contribution in [0.4, 0.5) is 13.2 Å². The Bertz CT molecular complexity index is 562. The molecule has 1 rings (SSSR count). The highest BCUT2D eigenvalue weighted by Gasteiger charge is 2.30. The van der Waals surface area contributed by atoms with Crippen LogP contribution in [0.2, 0.25) is 0 Å². The average molecular weight is 339 g/mol. The Morgan fingerprint density at radius 3 is 2.09 bits per heavy atom. The highest BCUT2D eigenvalue weighted by atomic mass is 31.2. The summed E-state index contributed by atoms with van der Waals surface area (Å²) in [5.74, 6) is -0.191. The molecule has 1 aromatic rings. The van der Waals surface area contributed by atoms with E-state index in [1.165, 1.54) is 12.1 Å². The first-order valence-electron chi connectivity index (χ1n) is 6.58. The summed E-state index contributed by atoms with van der Waals surface area (Å²) in [5, 5.41) is 3.47. The standard InChI is InChI=1S/C13H17F3NO4P/c1-3-9(4-2)12(17-21-22(18,19)20)10-5-7-11(8-6-10)13(14,15)16/h5-9H,3-4H2,1-2H3,(H2,18,19,20). The van der Waals surface area contributed by atoms with E-state index < -0.39 is 19.6 Å². The molecule has 0 aliphatic carbocycles. The van der Waals surface area contributed by atoms with Crippen LogP contribution in [0.1, 0.15) is 37.8 Å². The summed E-state index contributed by atoms with van der Waals surface area (Å²) in [6, 6.07) is 4.21. The molecule has 0 spiro atoms. The average Bonchev–Trinajstić information content (AvgIpc) is 2.41. The van der Waals surface area contributed by atoms with Crippen molar-refractivity contribution in [3.05, 3.63) is 35.4 Å². The molecule has 9 heteroatoms. The molecule has 0 atom stereocenters. The smallest absolute Gasteiger partial charge is 0.292 e. The monoisotopic (exact) mass is 339 g/mol. The second kappa shape index (κ2) is 7.26. The number of oxime groups is 1. The van der Waals surface area contributed by atoms with Crippen molar-refractivity contribution in [3.8, 4) is 0 Å². The predicted octanol–water partition coefficient (Wildman–Crippen LogP) is 3.96. The highest BCUT2D eigenvalue weighted by molar-refractivity contribution is 7.46. The summed E-state index contributed by atoms with van der Waals surface area (Å²) in [4.78, 5) is 17.4. The molecule has 0 fully saturated rings. The van der Waals surface area contributed by atoms with Crippen molar-refractivity contribution >= 4 is 13.5 Å². The zero-order valence-electron chi connectivity index (χ0n) is 12.0. The van der Waals surface area contributed by atoms with Crippen LogP contribution in [0, 0.1) is 5.92 Å². The Balaban J connectivity index is 3.19. The summed E-state index contributed by atoms with van der Waals surface area (Å²) in [5.41, 5.74) is -0.270. The van der Waals surface area contributed by atoms with Gasteiger partial charge in [0.2, 0.25) is 0 Å². The van der Waals surface area contributed by atoms with Gasteiger partial charge in [0.1, 0.15) is 0 Å². The third kappa shape index (κ3) is 5.44. The van der Waals surface area contributed by atoms with Crippen LogP contribution in [0.3, 0.4) is 0 Å². The molecule has 1 aromatic carbocycles. The molecule has 124 valence electrons. The lowest BCUT2D eigenvalue weighted by Gasteiger charge is -2.16. The first kappa shape index (κ1) is 18.7. The van der Waals surface area contributed by atoms with Crippen molar-refractivity contribution < 1.29 is 32.1 Å². The molecule has 0 amide bonds. The largest absolute Gasteiger partial charge is 0.545 e. The maximum atomic E-state index is 12.6. The van der Waals surface area contributed by atoms with E-state index in [4.69, 9.17) is 9.79 Å². The maximum absolute atomic E-state index is 12.6. The highest BCUT2D eigenvalue weighted by Crippen LogP contribution is 2.37. The van der Waals surface area contributed by atoms with Gasteiger partial charge in [-0.3, -0.25) is 14.4 Å². The minimum absolute atomic E-state index is 0.191. The van der Waals surface area contributed by atoms with Gasteiger partial charge in [-0.15, -0.1) is 0 Å². The van der Waals surface area contributed by atoms with Crippen LogP contribution in [0.15, 0.2) is 29.4 Å². The van der Waals surface area contributed by atoms with Gasteiger partial charge >= 0.3 is 14.0 Å². The van der Waals surface area contributed by atoms with Gasteiger partial charge in [0.25, 0.3) is 0 Å². The Hall–Kier alpha value is -1.37. The number of rotatable bonds is 6. The van der Waals surface area contributed by atoms with Gasteiger partial charge in [0, 0.05) is 5.92 Å². The molecule has 0 bridgehead atoms. The second-order valence-corrected chi connectivity index (χ2v) is 5.78. The van der Waals surface area contributed by atoms with Crippen LogP contribution in [0.25, 0.3) is 0 Å². The van der Waals surface area contributed by atoms with E-state index in [-0.39, 0.29) is 11.6 Å². The van der Waals surface area contributed by atoms with Crippen LogP contribution >= 0.6 is 7.82 Å². The topological polar surface area (TPSA) is 79.1 Å². The van der Waals surface area contributed by atoms with E-state index in [9.17, 15) is 17.7 Å². The molecule has 0 heterocycles. The molecule has 5 nitrogen and oxygen atoms in total. The molecule has 0 saturated heterocycles. The van der Waals surface area contributed by atoms with Gasteiger partial charge in [-0.05, 0) is 30.5 Å². The van der Waals surface area contributed by atoms with E-state index >= 15 is 0 Å². The number of halogens is 3. The minimum atomic E-state index is -4.80. The van der Waals surface area contributed by atoms with Gasteiger partial charge < -0.3 is 0 Å². The van der Waals surface area contributed by atoms with E-state index in [2.05, 4.69) is 9.78 Å². The number of phosphoric acid groups is 1. The molecule has 0 aliphatic heterocycles. The van der Waals surface area contributed by atoms with Crippen molar-refractivity contribution in [2.75, 3.05) is 0 Å². The zero-order valence-corrected chi connectivity index (χ0v) is 12.9. The fourth-order valence-corrected chi connectivity index (χ4v) is 2.16. The summed E-state index contributed by atoms with van der Waals surface area (Å²) in [7, 11) is -4.80. The van der Waals surface area contributed by atoms with Gasteiger partial charge in [0.15, 0.2) is 0 Å². The fraction of sp³-hybridized carbons (Fsp3) is 0.462. The molecule has 0 saturated carbocycles. The van der Waals surface area contributed by atoms with Crippen molar-refractivity contribution in [2.45, 2.75) is 32.9 Å². The summed E-state index contributed by atoms with van der Waals surface area (Å²) < 4.78 is 52.6. The van der Waals surface area contributed by atoms with E-state index in [0.29, 0.717) is 18.4 Å². The van der Waals surface area contributed by atoms with Gasteiger partial charge in [-0.2, -0.15) is 13.2 Å². The number of hydrogen-bond acceptors (Lipinski definition) is 3. The molecular weight excluding hydrogens is 322 g/mol. The molecule has 0 aromatic heterocycles. The number of benzene rings is 1. The zero-order chi connectivity index (χ0) is 17.0. The molecule has 2 N–H and O–H groups in total. The summed E-state index contributed by atoms with van der Waals surface area (Å²) in [6.45, 7) is 3.68. The van der Waals surface area contributed by atoms with Crippen molar-refractivity contribution in [2.24, 2.45) is 11.1 Å². The molecule has 22 heavy (non-hydrogen) atoms. The third-order valence-electron chi connectivity index (χ3n) is 3.13. The van der Waals surface area contributed by atoms with Crippen molar-refractivity contribution in [1.29, 1.82) is 0 Å². The van der Waals surface area contributed by atoms with Gasteiger partial charge in [0.05, 0.1) is 11.3 Å². The summed E-state index contributed by atoms with van der Waals surface area (Å²) in [6.07, 6.45) is -3.26. The molecular formula is C13H17F3NO4P. The number of hydrogen-bond donors (Lipinski definition) is 2. The Kier molecular flexibility index (Phi) is 6.17. The summed E-state index contributed by atoms with van der Waals surface area (Å²) >= 11 is 0. The normalized spacial score (nSPS) is 13.5.